The first-order valence-electron chi connectivity index (χ1n) is 17.1. The minimum atomic E-state index is -1.03. The molecule has 3 heterocycles. The van der Waals surface area contributed by atoms with Crippen molar-refractivity contribution in [2.75, 3.05) is 66.1 Å². The molecule has 0 radical (unpaired) electrons. The van der Waals surface area contributed by atoms with Gasteiger partial charge in [0.1, 0.15) is 28.4 Å². The van der Waals surface area contributed by atoms with E-state index in [-0.39, 0.29) is 18.0 Å². The Morgan fingerprint density at radius 3 is 2.02 bits per heavy atom. The van der Waals surface area contributed by atoms with Crippen LogP contribution in [0.5, 0.6) is 11.5 Å². The number of amides is 3. The number of halogens is 2. The number of ether oxygens (including phenoxy) is 3. The van der Waals surface area contributed by atoms with Crippen LogP contribution in [0, 0.1) is 0 Å². The summed E-state index contributed by atoms with van der Waals surface area (Å²) in [5.41, 5.74) is 0.411. The lowest BCUT2D eigenvalue weighted by Gasteiger charge is -2.47. The van der Waals surface area contributed by atoms with Gasteiger partial charge in [-0.05, 0) is 75.2 Å². The summed E-state index contributed by atoms with van der Waals surface area (Å²) in [7, 11) is 1.61. The molecule has 2 fully saturated rings. The van der Waals surface area contributed by atoms with Crippen molar-refractivity contribution in [1.29, 1.82) is 0 Å². The quantitative estimate of drug-likeness (QED) is 0.272. The van der Waals surface area contributed by atoms with E-state index in [1.54, 1.807) is 7.11 Å². The van der Waals surface area contributed by atoms with Crippen molar-refractivity contribution in [2.24, 2.45) is 4.99 Å². The van der Waals surface area contributed by atoms with E-state index >= 15 is 4.79 Å². The number of nitrogens with zero attached hydrogens (tertiary/aromatic N) is 5. The third-order valence-electron chi connectivity index (χ3n) is 10.1. The zero-order valence-corrected chi connectivity index (χ0v) is 30.8. The van der Waals surface area contributed by atoms with Crippen LogP contribution >= 0.6 is 23.2 Å². The molecular weight excluding hydrogens is 677 g/mol. The van der Waals surface area contributed by atoms with E-state index in [1.807, 2.05) is 95.3 Å². The molecule has 0 aromatic heterocycles. The normalized spacial score (nSPS) is 22.9. The number of urea groups is 1. The zero-order valence-electron chi connectivity index (χ0n) is 29.3. The number of piperazine rings is 1. The van der Waals surface area contributed by atoms with E-state index in [1.165, 1.54) is 0 Å². The minimum absolute atomic E-state index is 0.0910. The summed E-state index contributed by atoms with van der Waals surface area (Å²) in [6.07, 6.45) is -0.148. The summed E-state index contributed by atoms with van der Waals surface area (Å²) < 4.78 is 17.3. The third kappa shape index (κ3) is 6.91. The van der Waals surface area contributed by atoms with Gasteiger partial charge >= 0.3 is 6.03 Å². The van der Waals surface area contributed by atoms with E-state index in [2.05, 4.69) is 18.7 Å². The van der Waals surface area contributed by atoms with Crippen molar-refractivity contribution < 1.29 is 23.8 Å². The standard InChI is InChI=1S/C38H45Cl2N5O5/c1-26(2)50-33-24-31(48-5)14-15-32(33)35-41-37(3,27-6-10-29(39)11-7-27)38(4,28-8-12-30(40)13-9-28)45(35)36(47)44-18-16-42(17-19-44)25-34(46)43-20-22-49-23-21-43/h6-15,24,26H,16-23,25H2,1-5H3/t37-,38+/m0/s1. The van der Waals surface area contributed by atoms with E-state index in [0.29, 0.717) is 92.0 Å². The Bertz CT molecular complexity index is 1720. The Morgan fingerprint density at radius 1 is 0.840 bits per heavy atom. The molecule has 6 rings (SSSR count). The number of amidine groups is 1. The maximum atomic E-state index is 15.2. The molecule has 0 unspecified atom stereocenters. The molecule has 0 N–H and O–H groups in total. The second-order valence-corrected chi connectivity index (χ2v) is 14.4. The Hall–Kier alpha value is -3.83. The Morgan fingerprint density at radius 2 is 1.44 bits per heavy atom. The largest absolute Gasteiger partial charge is 0.497 e. The lowest BCUT2D eigenvalue weighted by Crippen LogP contribution is -2.61. The average Bonchev–Trinajstić information content (AvgIpc) is 3.36. The van der Waals surface area contributed by atoms with Gasteiger partial charge in [-0.25, -0.2) is 4.79 Å². The van der Waals surface area contributed by atoms with Gasteiger partial charge in [-0.15, -0.1) is 0 Å². The van der Waals surface area contributed by atoms with Gasteiger partial charge in [-0.1, -0.05) is 47.5 Å². The molecule has 3 aliphatic rings. The van der Waals surface area contributed by atoms with Crippen LogP contribution < -0.4 is 9.47 Å². The molecule has 0 saturated carbocycles. The predicted molar refractivity (Wildman–Crippen MR) is 196 cm³/mol. The molecule has 12 heteroatoms. The van der Waals surface area contributed by atoms with Crippen molar-refractivity contribution in [3.63, 3.8) is 0 Å². The van der Waals surface area contributed by atoms with Crippen molar-refractivity contribution in [2.45, 2.75) is 44.9 Å². The summed E-state index contributed by atoms with van der Waals surface area (Å²) >= 11 is 12.8. The van der Waals surface area contributed by atoms with Crippen LogP contribution in [0.4, 0.5) is 4.79 Å². The number of rotatable bonds is 8. The van der Waals surface area contributed by atoms with Crippen molar-refractivity contribution in [3.8, 4) is 11.5 Å². The fourth-order valence-electron chi connectivity index (χ4n) is 7.08. The number of aliphatic imine (C=N–C) groups is 1. The highest BCUT2D eigenvalue weighted by atomic mass is 35.5. The Kier molecular flexibility index (Phi) is 10.6. The zero-order chi connectivity index (χ0) is 35.6. The van der Waals surface area contributed by atoms with Crippen molar-refractivity contribution in [1.82, 2.24) is 19.6 Å². The first kappa shape index (κ1) is 36.0. The number of carbonyl (C=O) groups excluding carboxylic acids is 2. The third-order valence-corrected chi connectivity index (χ3v) is 10.6. The SMILES string of the molecule is COc1ccc(C2=N[C@@](C)(c3ccc(Cl)cc3)[C@@](C)(c3ccc(Cl)cc3)N2C(=O)N2CCN(CC(=O)N3CCOCC3)CC2)c(OC(C)C)c1. The topological polar surface area (TPSA) is 87.2 Å². The van der Waals surface area contributed by atoms with Gasteiger partial charge in [0.25, 0.3) is 0 Å². The summed E-state index contributed by atoms with van der Waals surface area (Å²) in [5, 5.41) is 1.20. The van der Waals surface area contributed by atoms with Gasteiger partial charge in [-0.2, -0.15) is 0 Å². The molecule has 3 aromatic rings. The highest BCUT2D eigenvalue weighted by Crippen LogP contribution is 2.54. The lowest BCUT2D eigenvalue weighted by molar-refractivity contribution is -0.136. The van der Waals surface area contributed by atoms with Crippen LogP contribution in [0.15, 0.2) is 71.7 Å². The maximum Gasteiger partial charge on any atom is 0.326 e. The molecule has 2 saturated heterocycles. The lowest BCUT2D eigenvalue weighted by atomic mass is 9.71. The number of morpholine rings is 1. The molecule has 3 aromatic carbocycles. The Labute approximate surface area is 304 Å². The summed E-state index contributed by atoms with van der Waals surface area (Å²) in [6.45, 7) is 12.7. The fraction of sp³-hybridized carbons (Fsp3) is 0.447. The van der Waals surface area contributed by atoms with E-state index in [0.717, 1.165) is 11.1 Å². The van der Waals surface area contributed by atoms with Crippen LogP contribution in [0.2, 0.25) is 10.0 Å². The second kappa shape index (κ2) is 14.8. The van der Waals surface area contributed by atoms with Gasteiger partial charge in [-0.3, -0.25) is 19.6 Å². The summed E-state index contributed by atoms with van der Waals surface area (Å²) in [5.74, 6) is 1.76. The van der Waals surface area contributed by atoms with Crippen LogP contribution in [0.1, 0.15) is 44.4 Å². The van der Waals surface area contributed by atoms with Gasteiger partial charge in [0, 0.05) is 55.4 Å². The van der Waals surface area contributed by atoms with Crippen LogP contribution in [0.25, 0.3) is 0 Å². The van der Waals surface area contributed by atoms with E-state index in [4.69, 9.17) is 42.4 Å². The maximum absolute atomic E-state index is 15.2. The molecule has 2 atom stereocenters. The van der Waals surface area contributed by atoms with Gasteiger partial charge in [0.2, 0.25) is 5.91 Å². The highest BCUT2D eigenvalue weighted by molar-refractivity contribution is 6.30. The summed E-state index contributed by atoms with van der Waals surface area (Å²) in [6, 6.07) is 20.7. The summed E-state index contributed by atoms with van der Waals surface area (Å²) in [4.78, 5) is 41.4. The smallest absolute Gasteiger partial charge is 0.326 e. The van der Waals surface area contributed by atoms with Crippen LogP contribution in [0.3, 0.4) is 0 Å². The van der Waals surface area contributed by atoms with Crippen LogP contribution in [-0.4, -0.2) is 110 Å². The number of methoxy groups -OCH3 is 1. The Balaban J connectivity index is 1.43. The molecule has 3 aliphatic heterocycles. The van der Waals surface area contributed by atoms with Gasteiger partial charge in [0.15, 0.2) is 0 Å². The molecule has 266 valence electrons. The number of benzene rings is 3. The van der Waals surface area contributed by atoms with Crippen molar-refractivity contribution in [3.05, 3.63) is 93.5 Å². The first-order valence-corrected chi connectivity index (χ1v) is 17.8. The van der Waals surface area contributed by atoms with Crippen molar-refractivity contribution >= 4 is 41.0 Å². The second-order valence-electron chi connectivity index (χ2n) is 13.5. The molecule has 10 nitrogen and oxygen atoms in total. The molecular formula is C38H45Cl2N5O5. The molecule has 0 bridgehead atoms. The molecule has 50 heavy (non-hydrogen) atoms. The number of hydrogen-bond donors (Lipinski definition) is 0. The van der Waals surface area contributed by atoms with E-state index < -0.39 is 11.1 Å². The highest BCUT2D eigenvalue weighted by Gasteiger charge is 2.60. The average molecular weight is 723 g/mol. The predicted octanol–water partition coefficient (Wildman–Crippen LogP) is 6.28. The monoisotopic (exact) mass is 721 g/mol. The molecule has 0 aliphatic carbocycles. The fourth-order valence-corrected chi connectivity index (χ4v) is 7.33. The molecule has 0 spiro atoms. The number of carbonyl (C=O) groups is 2. The van der Waals surface area contributed by atoms with Gasteiger partial charge in [0.05, 0.1) is 38.5 Å². The van der Waals surface area contributed by atoms with Crippen LogP contribution in [-0.2, 0) is 20.6 Å². The van der Waals surface area contributed by atoms with Gasteiger partial charge < -0.3 is 24.0 Å². The first-order chi connectivity index (χ1) is 23.9. The van der Waals surface area contributed by atoms with E-state index in [9.17, 15) is 4.79 Å². The molecule has 3 amide bonds. The minimum Gasteiger partial charge on any atom is -0.497 e. The number of hydrogen-bond acceptors (Lipinski definition) is 7.